The Morgan fingerprint density at radius 2 is 2.20 bits per heavy atom. The third-order valence-electron chi connectivity index (χ3n) is 3.32. The van der Waals surface area contributed by atoms with E-state index in [2.05, 4.69) is 0 Å². The number of hydrogen-bond donors (Lipinski definition) is 0. The van der Waals surface area contributed by atoms with E-state index in [1.165, 1.54) is 0 Å². The van der Waals surface area contributed by atoms with Gasteiger partial charge in [-0.05, 0) is 33.6 Å². The highest BCUT2D eigenvalue weighted by Crippen LogP contribution is 2.25. The van der Waals surface area contributed by atoms with Crippen molar-refractivity contribution >= 4 is 5.78 Å². The van der Waals surface area contributed by atoms with Crippen LogP contribution in [-0.4, -0.2) is 31.2 Å². The number of hydrogen-bond acceptors (Lipinski definition) is 3. The molecule has 3 heteroatoms. The Morgan fingerprint density at radius 3 is 2.67 bits per heavy atom. The van der Waals surface area contributed by atoms with E-state index in [-0.39, 0.29) is 17.6 Å². The van der Waals surface area contributed by atoms with Crippen LogP contribution in [0, 0.1) is 5.92 Å². The van der Waals surface area contributed by atoms with Gasteiger partial charge in [-0.25, -0.2) is 0 Å². The van der Waals surface area contributed by atoms with Crippen molar-refractivity contribution in [2.45, 2.75) is 51.7 Å². The van der Waals surface area contributed by atoms with Gasteiger partial charge in [0.05, 0.1) is 11.7 Å². The molecule has 0 aromatic carbocycles. The second-order valence-corrected chi connectivity index (χ2v) is 4.90. The molecule has 1 aliphatic rings. The highest BCUT2D eigenvalue weighted by molar-refractivity contribution is 5.81. The molecule has 0 aromatic heterocycles. The average molecular weight is 214 g/mol. The van der Waals surface area contributed by atoms with Gasteiger partial charge in [0, 0.05) is 26.1 Å². The molecular formula is C12H22O3. The predicted molar refractivity (Wildman–Crippen MR) is 58.9 cm³/mol. The lowest BCUT2D eigenvalue weighted by atomic mass is 9.91. The first-order valence-electron chi connectivity index (χ1n) is 5.66. The van der Waals surface area contributed by atoms with Crippen molar-refractivity contribution in [3.8, 4) is 0 Å². The molecule has 0 N–H and O–H groups in total. The summed E-state index contributed by atoms with van der Waals surface area (Å²) >= 11 is 0. The first-order valence-corrected chi connectivity index (χ1v) is 5.66. The van der Waals surface area contributed by atoms with E-state index in [0.29, 0.717) is 12.2 Å². The highest BCUT2D eigenvalue weighted by Gasteiger charge is 2.31. The highest BCUT2D eigenvalue weighted by atomic mass is 16.5. The zero-order valence-corrected chi connectivity index (χ0v) is 10.2. The van der Waals surface area contributed by atoms with Crippen LogP contribution in [0.4, 0.5) is 0 Å². The van der Waals surface area contributed by atoms with Gasteiger partial charge in [0.25, 0.3) is 0 Å². The smallest absolute Gasteiger partial charge is 0.138 e. The second kappa shape index (κ2) is 5.08. The second-order valence-electron chi connectivity index (χ2n) is 4.90. The fourth-order valence-corrected chi connectivity index (χ4v) is 1.87. The SMILES string of the molecule is COC(C)(C)CCC(=O)C1CCOC1C. The van der Waals surface area contributed by atoms with Crippen LogP contribution in [0.2, 0.25) is 0 Å². The van der Waals surface area contributed by atoms with Gasteiger partial charge < -0.3 is 9.47 Å². The number of ether oxygens (including phenoxy) is 2. The molecule has 3 nitrogen and oxygen atoms in total. The maximum absolute atomic E-state index is 11.9. The molecule has 0 radical (unpaired) electrons. The molecule has 0 spiro atoms. The topological polar surface area (TPSA) is 35.5 Å². The van der Waals surface area contributed by atoms with E-state index >= 15 is 0 Å². The minimum Gasteiger partial charge on any atom is -0.379 e. The van der Waals surface area contributed by atoms with E-state index < -0.39 is 0 Å². The van der Waals surface area contributed by atoms with Gasteiger partial charge in [-0.15, -0.1) is 0 Å². The van der Waals surface area contributed by atoms with Gasteiger partial charge in [0.15, 0.2) is 0 Å². The van der Waals surface area contributed by atoms with Crippen molar-refractivity contribution in [1.29, 1.82) is 0 Å². The molecule has 0 aromatic rings. The zero-order valence-electron chi connectivity index (χ0n) is 10.2. The molecular weight excluding hydrogens is 192 g/mol. The zero-order chi connectivity index (χ0) is 11.5. The van der Waals surface area contributed by atoms with Gasteiger partial charge in [-0.3, -0.25) is 4.79 Å². The average Bonchev–Trinajstić information content (AvgIpc) is 2.61. The Balaban J connectivity index is 2.36. The van der Waals surface area contributed by atoms with Crippen LogP contribution in [0.5, 0.6) is 0 Å². The lowest BCUT2D eigenvalue weighted by Crippen LogP contribution is -2.27. The molecule has 1 fully saturated rings. The maximum Gasteiger partial charge on any atom is 0.138 e. The molecule has 88 valence electrons. The minimum absolute atomic E-state index is 0.100. The Kier molecular flexibility index (Phi) is 4.29. The monoisotopic (exact) mass is 214 g/mol. The maximum atomic E-state index is 11.9. The third-order valence-corrected chi connectivity index (χ3v) is 3.32. The van der Waals surface area contributed by atoms with Gasteiger partial charge in [0.2, 0.25) is 0 Å². The van der Waals surface area contributed by atoms with Crippen molar-refractivity contribution in [3.05, 3.63) is 0 Å². The third kappa shape index (κ3) is 3.58. The van der Waals surface area contributed by atoms with E-state index in [1.54, 1.807) is 7.11 Å². The number of methoxy groups -OCH3 is 1. The lowest BCUT2D eigenvalue weighted by Gasteiger charge is -2.23. The van der Waals surface area contributed by atoms with Gasteiger partial charge >= 0.3 is 0 Å². The Hall–Kier alpha value is -0.410. The number of Topliss-reactive ketones (excluding diaryl/α,β-unsaturated/α-hetero) is 1. The quantitative estimate of drug-likeness (QED) is 0.703. The molecule has 1 aliphatic heterocycles. The van der Waals surface area contributed by atoms with Crippen LogP contribution in [0.3, 0.4) is 0 Å². The molecule has 1 rings (SSSR count). The summed E-state index contributed by atoms with van der Waals surface area (Å²) in [5, 5.41) is 0. The molecule has 1 saturated heterocycles. The standard InChI is InChI=1S/C12H22O3/c1-9-10(6-8-15-9)11(13)5-7-12(2,3)14-4/h9-10H,5-8H2,1-4H3. The molecule has 0 bridgehead atoms. The predicted octanol–water partition coefficient (Wildman–Crippen LogP) is 2.19. The Bertz CT molecular complexity index is 223. The molecule has 2 unspecified atom stereocenters. The largest absolute Gasteiger partial charge is 0.379 e. The van der Waals surface area contributed by atoms with Crippen LogP contribution in [0.1, 0.15) is 40.0 Å². The first kappa shape index (κ1) is 12.7. The van der Waals surface area contributed by atoms with Crippen LogP contribution in [0.25, 0.3) is 0 Å². The summed E-state index contributed by atoms with van der Waals surface area (Å²) in [6, 6.07) is 0. The Labute approximate surface area is 92.1 Å². The molecule has 15 heavy (non-hydrogen) atoms. The molecule has 1 heterocycles. The number of carbonyl (C=O) groups is 1. The fourth-order valence-electron chi connectivity index (χ4n) is 1.87. The van der Waals surface area contributed by atoms with Gasteiger partial charge in [0.1, 0.15) is 5.78 Å². The van der Waals surface area contributed by atoms with Gasteiger partial charge in [-0.1, -0.05) is 0 Å². The summed E-state index contributed by atoms with van der Waals surface area (Å²) < 4.78 is 10.7. The van der Waals surface area contributed by atoms with Gasteiger partial charge in [-0.2, -0.15) is 0 Å². The van der Waals surface area contributed by atoms with Crippen molar-refractivity contribution in [1.82, 2.24) is 0 Å². The molecule has 0 amide bonds. The van der Waals surface area contributed by atoms with E-state index in [4.69, 9.17) is 9.47 Å². The summed E-state index contributed by atoms with van der Waals surface area (Å²) in [6.45, 7) is 6.73. The fraction of sp³-hybridized carbons (Fsp3) is 0.917. The van der Waals surface area contributed by atoms with Crippen molar-refractivity contribution in [2.24, 2.45) is 5.92 Å². The van der Waals surface area contributed by atoms with Crippen LogP contribution >= 0.6 is 0 Å². The molecule has 2 atom stereocenters. The summed E-state index contributed by atoms with van der Waals surface area (Å²) in [4.78, 5) is 11.9. The van der Waals surface area contributed by atoms with E-state index in [0.717, 1.165) is 19.4 Å². The van der Waals surface area contributed by atoms with E-state index in [1.807, 2.05) is 20.8 Å². The number of ketones is 1. The number of rotatable bonds is 5. The van der Waals surface area contributed by atoms with Crippen LogP contribution < -0.4 is 0 Å². The van der Waals surface area contributed by atoms with Crippen molar-refractivity contribution < 1.29 is 14.3 Å². The first-order chi connectivity index (χ1) is 6.96. The Morgan fingerprint density at radius 1 is 1.53 bits per heavy atom. The minimum atomic E-state index is -0.196. The molecule has 0 saturated carbocycles. The normalized spacial score (nSPS) is 26.9. The summed E-state index contributed by atoms with van der Waals surface area (Å²) in [5.41, 5.74) is -0.196. The summed E-state index contributed by atoms with van der Waals surface area (Å²) in [5.74, 6) is 0.433. The van der Waals surface area contributed by atoms with Crippen molar-refractivity contribution in [2.75, 3.05) is 13.7 Å². The lowest BCUT2D eigenvalue weighted by molar-refractivity contribution is -0.125. The number of carbonyl (C=O) groups excluding carboxylic acids is 1. The van der Waals surface area contributed by atoms with Crippen LogP contribution in [-0.2, 0) is 14.3 Å². The van der Waals surface area contributed by atoms with Crippen molar-refractivity contribution in [3.63, 3.8) is 0 Å². The summed E-state index contributed by atoms with van der Waals surface area (Å²) in [7, 11) is 1.69. The van der Waals surface area contributed by atoms with E-state index in [9.17, 15) is 4.79 Å². The van der Waals surface area contributed by atoms with Crippen LogP contribution in [0.15, 0.2) is 0 Å². The summed E-state index contributed by atoms with van der Waals surface area (Å²) in [6.07, 6.45) is 2.36. The molecule has 0 aliphatic carbocycles.